The molecule has 2 N–H and O–H groups in total. The minimum atomic E-state index is -0.137. The summed E-state index contributed by atoms with van der Waals surface area (Å²) in [6.45, 7) is 0. The summed E-state index contributed by atoms with van der Waals surface area (Å²) in [5.41, 5.74) is 1.90. The van der Waals surface area contributed by atoms with Crippen molar-refractivity contribution in [3.63, 3.8) is 0 Å². The van der Waals surface area contributed by atoms with Crippen LogP contribution < -0.4 is 0 Å². The van der Waals surface area contributed by atoms with Crippen LogP contribution in [0.4, 0.5) is 0 Å². The van der Waals surface area contributed by atoms with Gasteiger partial charge in [0.05, 0.1) is 4.47 Å². The summed E-state index contributed by atoms with van der Waals surface area (Å²) < 4.78 is 0.477. The van der Waals surface area contributed by atoms with Gasteiger partial charge in [-0.3, -0.25) is 0 Å². The zero-order valence-electron chi connectivity index (χ0n) is 8.97. The number of phenolic OH excluding ortho intramolecular Hbond substituents is 2. The molecule has 86 valence electrons. The Morgan fingerprint density at radius 2 is 1.53 bits per heavy atom. The number of halogens is 1. The number of rotatable bonds is 2. The van der Waals surface area contributed by atoms with E-state index in [0.29, 0.717) is 4.47 Å². The van der Waals surface area contributed by atoms with Crippen molar-refractivity contribution in [2.24, 2.45) is 0 Å². The molecule has 0 bridgehead atoms. The highest BCUT2D eigenvalue weighted by atomic mass is 79.9. The molecule has 0 saturated heterocycles. The van der Waals surface area contributed by atoms with Gasteiger partial charge in [0.15, 0.2) is 11.5 Å². The quantitative estimate of drug-likeness (QED) is 0.648. The van der Waals surface area contributed by atoms with E-state index in [9.17, 15) is 10.2 Å². The van der Waals surface area contributed by atoms with Crippen LogP contribution >= 0.6 is 15.9 Å². The molecule has 0 aliphatic rings. The van der Waals surface area contributed by atoms with Crippen molar-refractivity contribution < 1.29 is 10.2 Å². The van der Waals surface area contributed by atoms with Crippen molar-refractivity contribution in [3.05, 3.63) is 58.1 Å². The van der Waals surface area contributed by atoms with Crippen LogP contribution in [0.5, 0.6) is 11.5 Å². The molecule has 2 nitrogen and oxygen atoms in total. The lowest BCUT2D eigenvalue weighted by atomic mass is 10.1. The molecular formula is C14H11BrO2. The fraction of sp³-hybridized carbons (Fsp3) is 0. The van der Waals surface area contributed by atoms with Crippen LogP contribution in [0.2, 0.25) is 0 Å². The number of hydrogen-bond acceptors (Lipinski definition) is 2. The van der Waals surface area contributed by atoms with Gasteiger partial charge in [-0.15, -0.1) is 0 Å². The summed E-state index contributed by atoms with van der Waals surface area (Å²) in [5.74, 6) is -0.269. The molecule has 0 fully saturated rings. The van der Waals surface area contributed by atoms with Crippen molar-refractivity contribution in [2.45, 2.75) is 0 Å². The minimum absolute atomic E-state index is 0.132. The number of phenols is 2. The Labute approximate surface area is 108 Å². The van der Waals surface area contributed by atoms with E-state index in [1.54, 1.807) is 6.07 Å². The third-order valence-corrected chi connectivity index (χ3v) is 2.94. The van der Waals surface area contributed by atoms with Gasteiger partial charge in [0.2, 0.25) is 0 Å². The molecule has 0 aromatic heterocycles. The molecule has 2 aromatic carbocycles. The second-order valence-corrected chi connectivity index (χ2v) is 4.47. The highest BCUT2D eigenvalue weighted by molar-refractivity contribution is 9.10. The highest BCUT2D eigenvalue weighted by Crippen LogP contribution is 2.34. The molecule has 17 heavy (non-hydrogen) atoms. The molecule has 0 unspecified atom stereocenters. The summed E-state index contributed by atoms with van der Waals surface area (Å²) >= 11 is 3.18. The first-order valence-corrected chi connectivity index (χ1v) is 5.91. The molecule has 0 heterocycles. The van der Waals surface area contributed by atoms with E-state index in [2.05, 4.69) is 15.9 Å². The Kier molecular flexibility index (Phi) is 3.49. The van der Waals surface area contributed by atoms with E-state index in [4.69, 9.17) is 0 Å². The van der Waals surface area contributed by atoms with Gasteiger partial charge < -0.3 is 10.2 Å². The molecule has 0 spiro atoms. The predicted molar refractivity (Wildman–Crippen MR) is 72.8 cm³/mol. The molecule has 0 saturated carbocycles. The Bertz CT molecular complexity index is 524. The lowest BCUT2D eigenvalue weighted by Gasteiger charge is -2.02. The maximum Gasteiger partial charge on any atom is 0.171 e. The summed E-state index contributed by atoms with van der Waals surface area (Å²) in [4.78, 5) is 0. The van der Waals surface area contributed by atoms with Gasteiger partial charge in [-0.2, -0.15) is 0 Å². The Morgan fingerprint density at radius 1 is 0.882 bits per heavy atom. The molecule has 0 aliphatic carbocycles. The maximum absolute atomic E-state index is 9.46. The molecule has 3 heteroatoms. The Morgan fingerprint density at radius 3 is 2.18 bits per heavy atom. The number of hydrogen-bond donors (Lipinski definition) is 2. The van der Waals surface area contributed by atoms with Gasteiger partial charge in [-0.25, -0.2) is 0 Å². The van der Waals surface area contributed by atoms with E-state index in [0.717, 1.165) is 11.1 Å². The van der Waals surface area contributed by atoms with Gasteiger partial charge in [0.25, 0.3) is 0 Å². The summed E-state index contributed by atoms with van der Waals surface area (Å²) in [6, 6.07) is 13.1. The van der Waals surface area contributed by atoms with Crippen LogP contribution in [0.1, 0.15) is 11.1 Å². The largest absolute Gasteiger partial charge is 0.504 e. The zero-order valence-corrected chi connectivity index (χ0v) is 10.6. The van der Waals surface area contributed by atoms with Crippen LogP contribution in [0.3, 0.4) is 0 Å². The van der Waals surface area contributed by atoms with Crippen molar-refractivity contribution in [3.8, 4) is 11.5 Å². The molecule has 2 rings (SSSR count). The van der Waals surface area contributed by atoms with E-state index in [1.165, 1.54) is 6.07 Å². The molecule has 0 atom stereocenters. The Balaban J connectivity index is 2.28. The van der Waals surface area contributed by atoms with Crippen LogP contribution in [-0.2, 0) is 0 Å². The lowest BCUT2D eigenvalue weighted by Crippen LogP contribution is -1.76. The molecule has 0 aliphatic heterocycles. The molecule has 0 amide bonds. The van der Waals surface area contributed by atoms with E-state index in [1.807, 2.05) is 42.5 Å². The van der Waals surface area contributed by atoms with Crippen LogP contribution in [0, 0.1) is 0 Å². The molecular weight excluding hydrogens is 280 g/mol. The summed E-state index contributed by atoms with van der Waals surface area (Å²) in [6.07, 6.45) is 3.82. The fourth-order valence-corrected chi connectivity index (χ4v) is 1.93. The lowest BCUT2D eigenvalue weighted by molar-refractivity contribution is 0.401. The van der Waals surface area contributed by atoms with Crippen LogP contribution in [0.15, 0.2) is 46.9 Å². The fourth-order valence-electron chi connectivity index (χ4n) is 1.46. The van der Waals surface area contributed by atoms with Crippen LogP contribution in [-0.4, -0.2) is 10.2 Å². The number of benzene rings is 2. The zero-order chi connectivity index (χ0) is 12.3. The average molecular weight is 291 g/mol. The van der Waals surface area contributed by atoms with Crippen LogP contribution in [0.25, 0.3) is 12.2 Å². The second-order valence-electron chi connectivity index (χ2n) is 3.61. The summed E-state index contributed by atoms with van der Waals surface area (Å²) in [5, 5.41) is 18.9. The summed E-state index contributed by atoms with van der Waals surface area (Å²) in [7, 11) is 0. The standard InChI is InChI=1S/C14H11BrO2/c15-12-8-11(9-13(16)14(12)17)7-6-10-4-2-1-3-5-10/h1-9,16-17H. The smallest absolute Gasteiger partial charge is 0.171 e. The van der Waals surface area contributed by atoms with Crippen molar-refractivity contribution in [2.75, 3.05) is 0 Å². The normalized spacial score (nSPS) is 10.9. The van der Waals surface area contributed by atoms with Crippen molar-refractivity contribution in [1.29, 1.82) is 0 Å². The topological polar surface area (TPSA) is 40.5 Å². The first-order valence-electron chi connectivity index (χ1n) is 5.11. The third-order valence-electron chi connectivity index (χ3n) is 2.33. The van der Waals surface area contributed by atoms with Gasteiger partial charge in [-0.1, -0.05) is 42.5 Å². The first kappa shape index (κ1) is 11.7. The SMILES string of the molecule is Oc1cc(C=Cc2ccccc2)cc(Br)c1O. The van der Waals surface area contributed by atoms with Crippen molar-refractivity contribution in [1.82, 2.24) is 0 Å². The minimum Gasteiger partial charge on any atom is -0.504 e. The predicted octanol–water partition coefficient (Wildman–Crippen LogP) is 4.03. The molecule has 2 aromatic rings. The van der Waals surface area contributed by atoms with E-state index in [-0.39, 0.29) is 11.5 Å². The maximum atomic E-state index is 9.46. The number of aromatic hydroxyl groups is 2. The van der Waals surface area contributed by atoms with Crippen molar-refractivity contribution >= 4 is 28.1 Å². The van der Waals surface area contributed by atoms with E-state index >= 15 is 0 Å². The third kappa shape index (κ3) is 2.88. The van der Waals surface area contributed by atoms with Gasteiger partial charge in [0, 0.05) is 0 Å². The highest BCUT2D eigenvalue weighted by Gasteiger charge is 2.04. The van der Waals surface area contributed by atoms with Gasteiger partial charge >= 0.3 is 0 Å². The van der Waals surface area contributed by atoms with Gasteiger partial charge in [-0.05, 0) is 39.2 Å². The van der Waals surface area contributed by atoms with Gasteiger partial charge in [0.1, 0.15) is 0 Å². The monoisotopic (exact) mass is 290 g/mol. The van der Waals surface area contributed by atoms with E-state index < -0.39 is 0 Å². The average Bonchev–Trinajstić information content (AvgIpc) is 2.34. The second kappa shape index (κ2) is 5.06. The first-order chi connectivity index (χ1) is 8.16. The molecule has 0 radical (unpaired) electrons. The Hall–Kier alpha value is -1.74.